The Morgan fingerprint density at radius 1 is 1.46 bits per heavy atom. The van der Waals surface area contributed by atoms with Gasteiger partial charge in [0.15, 0.2) is 0 Å². The normalized spacial score (nSPS) is 34.2. The Balaban J connectivity index is 2.61. The highest BCUT2D eigenvalue weighted by atomic mass is 16.4. The van der Waals surface area contributed by atoms with Crippen molar-refractivity contribution in [1.82, 2.24) is 0 Å². The van der Waals surface area contributed by atoms with Crippen LogP contribution in [-0.2, 0) is 4.79 Å². The molecule has 1 rings (SSSR count). The van der Waals surface area contributed by atoms with Crippen molar-refractivity contribution in [2.75, 3.05) is 0 Å². The first-order valence-electron chi connectivity index (χ1n) is 4.62. The molecule has 0 amide bonds. The van der Waals surface area contributed by atoms with Crippen LogP contribution in [0.1, 0.15) is 26.2 Å². The monoisotopic (exact) mass is 184 g/mol. The van der Waals surface area contributed by atoms with Gasteiger partial charge in [-0.2, -0.15) is 0 Å². The van der Waals surface area contributed by atoms with E-state index in [0.717, 1.165) is 12.8 Å². The summed E-state index contributed by atoms with van der Waals surface area (Å²) in [6, 6.07) is 0. The lowest BCUT2D eigenvalue weighted by atomic mass is 9.77. The van der Waals surface area contributed by atoms with Gasteiger partial charge in [0.2, 0.25) is 0 Å². The van der Waals surface area contributed by atoms with Crippen LogP contribution >= 0.6 is 0 Å². The maximum absolute atomic E-state index is 10.6. The summed E-state index contributed by atoms with van der Waals surface area (Å²) in [5, 5.41) is 18.3. The van der Waals surface area contributed by atoms with Crippen molar-refractivity contribution >= 4 is 5.97 Å². The molecule has 0 radical (unpaired) electrons. The molecule has 1 aliphatic carbocycles. The van der Waals surface area contributed by atoms with Crippen molar-refractivity contribution in [1.29, 1.82) is 0 Å². The summed E-state index contributed by atoms with van der Waals surface area (Å²) in [6.07, 6.45) is 1.89. The van der Waals surface area contributed by atoms with Crippen LogP contribution in [0.4, 0.5) is 0 Å². The zero-order chi connectivity index (χ0) is 10.0. The molecule has 0 aromatic carbocycles. The van der Waals surface area contributed by atoms with Crippen molar-refractivity contribution < 1.29 is 15.0 Å². The smallest absolute Gasteiger partial charge is 0.331 e. The van der Waals surface area contributed by atoms with E-state index < -0.39 is 12.1 Å². The van der Waals surface area contributed by atoms with Gasteiger partial charge in [-0.05, 0) is 25.2 Å². The third-order valence-corrected chi connectivity index (χ3v) is 2.80. The molecule has 0 heterocycles. The molecule has 2 N–H and O–H groups in total. The minimum absolute atomic E-state index is 0.152. The number of carbonyl (C=O) groups is 1. The second-order valence-electron chi connectivity index (χ2n) is 3.92. The van der Waals surface area contributed by atoms with Gasteiger partial charge in [0.1, 0.15) is 0 Å². The van der Waals surface area contributed by atoms with Gasteiger partial charge in [0.25, 0.3) is 0 Å². The molecule has 0 saturated heterocycles. The first-order chi connectivity index (χ1) is 6.02. The van der Waals surface area contributed by atoms with Crippen molar-refractivity contribution in [3.8, 4) is 0 Å². The van der Waals surface area contributed by atoms with Crippen molar-refractivity contribution in [3.05, 3.63) is 12.2 Å². The van der Waals surface area contributed by atoms with E-state index in [4.69, 9.17) is 5.11 Å². The van der Waals surface area contributed by atoms with Crippen molar-refractivity contribution in [3.63, 3.8) is 0 Å². The lowest BCUT2D eigenvalue weighted by Gasteiger charge is -2.31. The molecule has 0 aromatic heterocycles. The zero-order valence-corrected chi connectivity index (χ0v) is 7.86. The SMILES string of the molecule is C=C(C(=O)O)[C@@H]1CC[C@@H](C)C[C@H]1O. The van der Waals surface area contributed by atoms with Crippen LogP contribution < -0.4 is 0 Å². The van der Waals surface area contributed by atoms with E-state index in [9.17, 15) is 9.90 Å². The number of carboxylic acids is 1. The van der Waals surface area contributed by atoms with Gasteiger partial charge in [-0.15, -0.1) is 0 Å². The average molecular weight is 184 g/mol. The molecule has 3 atom stereocenters. The van der Waals surface area contributed by atoms with E-state index in [1.54, 1.807) is 0 Å². The van der Waals surface area contributed by atoms with Gasteiger partial charge >= 0.3 is 5.97 Å². The van der Waals surface area contributed by atoms with Crippen LogP contribution in [0.15, 0.2) is 12.2 Å². The maximum Gasteiger partial charge on any atom is 0.331 e. The van der Waals surface area contributed by atoms with Gasteiger partial charge in [-0.3, -0.25) is 0 Å². The number of aliphatic hydroxyl groups is 1. The molecule has 0 bridgehead atoms. The molecule has 0 unspecified atom stereocenters. The largest absolute Gasteiger partial charge is 0.478 e. The molecule has 0 spiro atoms. The predicted octanol–water partition coefficient (Wildman–Crippen LogP) is 1.42. The third-order valence-electron chi connectivity index (χ3n) is 2.80. The first-order valence-corrected chi connectivity index (χ1v) is 4.62. The highest BCUT2D eigenvalue weighted by molar-refractivity contribution is 5.86. The molecule has 1 saturated carbocycles. The molecular weight excluding hydrogens is 168 g/mol. The maximum atomic E-state index is 10.6. The van der Waals surface area contributed by atoms with Crippen LogP contribution in [0.25, 0.3) is 0 Å². The Morgan fingerprint density at radius 3 is 2.54 bits per heavy atom. The number of aliphatic carboxylic acids is 1. The van der Waals surface area contributed by atoms with Gasteiger partial charge in [0.05, 0.1) is 6.10 Å². The van der Waals surface area contributed by atoms with E-state index in [-0.39, 0.29) is 11.5 Å². The van der Waals surface area contributed by atoms with Gasteiger partial charge in [-0.1, -0.05) is 13.5 Å². The molecule has 1 aliphatic rings. The van der Waals surface area contributed by atoms with Crippen LogP contribution in [-0.4, -0.2) is 22.3 Å². The Hall–Kier alpha value is -0.830. The van der Waals surface area contributed by atoms with E-state index in [0.29, 0.717) is 12.3 Å². The molecule has 13 heavy (non-hydrogen) atoms. The Morgan fingerprint density at radius 2 is 2.08 bits per heavy atom. The summed E-state index contributed by atoms with van der Waals surface area (Å²) in [5.74, 6) is -0.736. The summed E-state index contributed by atoms with van der Waals surface area (Å²) in [4.78, 5) is 10.6. The summed E-state index contributed by atoms with van der Waals surface area (Å²) in [6.45, 7) is 5.57. The minimum atomic E-state index is -0.987. The summed E-state index contributed by atoms with van der Waals surface area (Å²) >= 11 is 0. The zero-order valence-electron chi connectivity index (χ0n) is 7.86. The summed E-state index contributed by atoms with van der Waals surface area (Å²) in [7, 11) is 0. The van der Waals surface area contributed by atoms with Crippen LogP contribution in [0.2, 0.25) is 0 Å². The molecule has 3 heteroatoms. The fourth-order valence-electron chi connectivity index (χ4n) is 1.92. The third kappa shape index (κ3) is 2.31. The molecule has 1 fully saturated rings. The van der Waals surface area contributed by atoms with E-state index in [2.05, 4.69) is 13.5 Å². The fourth-order valence-corrected chi connectivity index (χ4v) is 1.92. The van der Waals surface area contributed by atoms with Gasteiger partial charge in [0, 0.05) is 11.5 Å². The lowest BCUT2D eigenvalue weighted by molar-refractivity contribution is -0.134. The summed E-state index contributed by atoms with van der Waals surface area (Å²) < 4.78 is 0. The molecule has 3 nitrogen and oxygen atoms in total. The van der Waals surface area contributed by atoms with Crippen LogP contribution in [0, 0.1) is 11.8 Å². The molecule has 0 aromatic rings. The number of carboxylic acid groups (broad SMARTS) is 1. The topological polar surface area (TPSA) is 57.5 Å². The Kier molecular flexibility index (Phi) is 3.09. The Bertz CT molecular complexity index is 222. The number of hydrogen-bond donors (Lipinski definition) is 2. The number of hydrogen-bond acceptors (Lipinski definition) is 2. The number of rotatable bonds is 2. The quantitative estimate of drug-likeness (QED) is 0.638. The van der Waals surface area contributed by atoms with Crippen LogP contribution in [0.5, 0.6) is 0 Å². The first kappa shape index (κ1) is 10.3. The lowest BCUT2D eigenvalue weighted by Crippen LogP contribution is -2.31. The van der Waals surface area contributed by atoms with Crippen molar-refractivity contribution in [2.24, 2.45) is 11.8 Å². The highest BCUT2D eigenvalue weighted by Crippen LogP contribution is 2.32. The van der Waals surface area contributed by atoms with Gasteiger partial charge in [-0.25, -0.2) is 4.79 Å². The van der Waals surface area contributed by atoms with Gasteiger partial charge < -0.3 is 10.2 Å². The van der Waals surface area contributed by atoms with E-state index >= 15 is 0 Å². The molecule has 0 aliphatic heterocycles. The average Bonchev–Trinajstić information content (AvgIpc) is 2.03. The number of aliphatic hydroxyl groups excluding tert-OH is 1. The van der Waals surface area contributed by atoms with Crippen LogP contribution in [0.3, 0.4) is 0 Å². The highest BCUT2D eigenvalue weighted by Gasteiger charge is 2.31. The standard InChI is InChI=1S/C10H16O3/c1-6-3-4-8(9(11)5-6)7(2)10(12)13/h6,8-9,11H,2-5H2,1H3,(H,12,13)/t6-,8+,9-/m1/s1. The van der Waals surface area contributed by atoms with Crippen molar-refractivity contribution in [2.45, 2.75) is 32.3 Å². The molecular formula is C10H16O3. The second kappa shape index (κ2) is 3.92. The second-order valence-corrected chi connectivity index (χ2v) is 3.92. The minimum Gasteiger partial charge on any atom is -0.478 e. The predicted molar refractivity (Wildman–Crippen MR) is 49.3 cm³/mol. The Labute approximate surface area is 78.1 Å². The van der Waals surface area contributed by atoms with E-state index in [1.807, 2.05) is 0 Å². The fraction of sp³-hybridized carbons (Fsp3) is 0.700. The van der Waals surface area contributed by atoms with E-state index in [1.165, 1.54) is 0 Å². The molecule has 74 valence electrons. The summed E-state index contributed by atoms with van der Waals surface area (Å²) in [5.41, 5.74) is 0.152.